The Morgan fingerprint density at radius 1 is 1.44 bits per heavy atom. The molecule has 1 atom stereocenters. The molecule has 1 aromatic carbocycles. The van der Waals surface area contributed by atoms with E-state index < -0.39 is 0 Å². The van der Waals surface area contributed by atoms with Crippen molar-refractivity contribution in [3.05, 3.63) is 35.8 Å². The molecule has 0 saturated carbocycles. The number of fused-ring (bicyclic) bond motifs is 1. The first-order valence-corrected chi connectivity index (χ1v) is 5.27. The lowest BCUT2D eigenvalue weighted by molar-refractivity contribution is 0.308. The lowest BCUT2D eigenvalue weighted by Gasteiger charge is -2.22. The summed E-state index contributed by atoms with van der Waals surface area (Å²) in [5, 5.41) is 0.907. The maximum atomic E-state index is 13.5. The van der Waals surface area contributed by atoms with Crippen molar-refractivity contribution >= 4 is 10.9 Å². The Labute approximate surface area is 94.0 Å². The first-order valence-electron chi connectivity index (χ1n) is 5.27. The van der Waals surface area contributed by atoms with Gasteiger partial charge in [0.25, 0.3) is 0 Å². The van der Waals surface area contributed by atoms with Crippen molar-refractivity contribution in [1.29, 1.82) is 0 Å². The Morgan fingerprint density at radius 2 is 2.19 bits per heavy atom. The number of H-pyrrole nitrogens is 1. The van der Waals surface area contributed by atoms with Gasteiger partial charge in [0.15, 0.2) is 0 Å². The normalized spacial score (nSPS) is 13.6. The van der Waals surface area contributed by atoms with Crippen LogP contribution in [0.5, 0.6) is 0 Å². The molecule has 0 aliphatic rings. The first-order chi connectivity index (χ1) is 7.65. The molecule has 0 aliphatic carbocycles. The summed E-state index contributed by atoms with van der Waals surface area (Å²) in [7, 11) is 3.94. The molecule has 86 valence electrons. The molecule has 0 radical (unpaired) electrons. The molecule has 16 heavy (non-hydrogen) atoms. The van der Waals surface area contributed by atoms with E-state index in [1.54, 1.807) is 6.07 Å². The van der Waals surface area contributed by atoms with Crippen molar-refractivity contribution in [2.75, 3.05) is 20.6 Å². The van der Waals surface area contributed by atoms with Crippen molar-refractivity contribution in [1.82, 2.24) is 9.88 Å². The molecule has 0 fully saturated rings. The first kappa shape index (κ1) is 11.1. The van der Waals surface area contributed by atoms with Crippen LogP contribution < -0.4 is 5.73 Å². The second-order valence-corrected chi connectivity index (χ2v) is 4.12. The summed E-state index contributed by atoms with van der Waals surface area (Å²) in [5.74, 6) is -0.224. The van der Waals surface area contributed by atoms with Gasteiger partial charge in [0.2, 0.25) is 0 Å². The molecule has 0 spiro atoms. The number of aromatic nitrogens is 1. The van der Waals surface area contributed by atoms with E-state index in [-0.39, 0.29) is 11.9 Å². The number of aromatic amines is 1. The maximum absolute atomic E-state index is 13.5. The smallest absolute Gasteiger partial charge is 0.147 e. The van der Waals surface area contributed by atoms with Gasteiger partial charge >= 0.3 is 0 Å². The van der Waals surface area contributed by atoms with Crippen LogP contribution in [0, 0.1) is 5.82 Å². The maximum Gasteiger partial charge on any atom is 0.147 e. The summed E-state index contributed by atoms with van der Waals surface area (Å²) < 4.78 is 13.5. The molecule has 2 rings (SSSR count). The number of nitrogens with two attached hydrogens (primary N) is 1. The quantitative estimate of drug-likeness (QED) is 0.831. The molecule has 0 bridgehead atoms. The zero-order valence-corrected chi connectivity index (χ0v) is 9.50. The van der Waals surface area contributed by atoms with E-state index >= 15 is 0 Å². The third kappa shape index (κ3) is 1.70. The Morgan fingerprint density at radius 3 is 2.81 bits per heavy atom. The third-order valence-electron chi connectivity index (χ3n) is 2.90. The predicted molar refractivity (Wildman–Crippen MR) is 63.7 cm³/mol. The van der Waals surface area contributed by atoms with E-state index in [0.29, 0.717) is 12.1 Å². The van der Waals surface area contributed by atoms with Crippen LogP contribution in [0.25, 0.3) is 10.9 Å². The fourth-order valence-electron chi connectivity index (χ4n) is 2.03. The second-order valence-electron chi connectivity index (χ2n) is 4.12. The monoisotopic (exact) mass is 221 g/mol. The summed E-state index contributed by atoms with van der Waals surface area (Å²) in [6.07, 6.45) is 1.84. The Kier molecular flexibility index (Phi) is 2.94. The standard InChI is InChI=1S/C12H16FN3/c1-16(2)11(6-14)9-7-15-12-8(9)4-3-5-10(12)13/h3-5,7,11,15H,6,14H2,1-2H3/t11-/m0/s1. The zero-order chi connectivity index (χ0) is 11.7. The Bertz CT molecular complexity index is 490. The van der Waals surface area contributed by atoms with E-state index in [9.17, 15) is 4.39 Å². The Balaban J connectivity index is 2.57. The minimum absolute atomic E-state index is 0.107. The highest BCUT2D eigenvalue weighted by molar-refractivity contribution is 5.84. The highest BCUT2D eigenvalue weighted by Crippen LogP contribution is 2.27. The third-order valence-corrected chi connectivity index (χ3v) is 2.90. The number of likely N-dealkylation sites (N-methyl/N-ethyl adjacent to an activating group) is 1. The minimum atomic E-state index is -0.224. The number of hydrogen-bond acceptors (Lipinski definition) is 2. The lowest BCUT2D eigenvalue weighted by atomic mass is 10.1. The van der Waals surface area contributed by atoms with Crippen LogP contribution in [0.4, 0.5) is 4.39 Å². The molecule has 4 heteroatoms. The molecule has 3 N–H and O–H groups in total. The zero-order valence-electron chi connectivity index (χ0n) is 9.50. The topological polar surface area (TPSA) is 45.0 Å². The number of halogens is 1. The molecule has 1 aromatic heterocycles. The van der Waals surface area contributed by atoms with E-state index in [4.69, 9.17) is 5.73 Å². The number of para-hydroxylation sites is 1. The summed E-state index contributed by atoms with van der Waals surface area (Å²) in [4.78, 5) is 5.00. The molecule has 0 aliphatic heterocycles. The fraction of sp³-hybridized carbons (Fsp3) is 0.333. The van der Waals surface area contributed by atoms with Gasteiger partial charge in [0.1, 0.15) is 5.82 Å². The van der Waals surface area contributed by atoms with Gasteiger partial charge in [-0.05, 0) is 25.7 Å². The number of nitrogens with zero attached hydrogens (tertiary/aromatic N) is 1. The van der Waals surface area contributed by atoms with E-state index in [1.807, 2.05) is 31.3 Å². The number of rotatable bonds is 3. The average molecular weight is 221 g/mol. The summed E-state index contributed by atoms with van der Waals surface area (Å²) >= 11 is 0. The van der Waals surface area contributed by atoms with Crippen LogP contribution in [0.1, 0.15) is 11.6 Å². The van der Waals surface area contributed by atoms with E-state index in [0.717, 1.165) is 10.9 Å². The summed E-state index contributed by atoms with van der Waals surface area (Å²) in [6.45, 7) is 0.510. The summed E-state index contributed by atoms with van der Waals surface area (Å²) in [5.41, 5.74) is 7.34. The van der Waals surface area contributed by atoms with Crippen molar-refractivity contribution in [3.63, 3.8) is 0 Å². The highest BCUT2D eigenvalue weighted by Gasteiger charge is 2.17. The molecular weight excluding hydrogens is 205 g/mol. The molecule has 0 amide bonds. The predicted octanol–water partition coefficient (Wildman–Crippen LogP) is 1.87. The van der Waals surface area contributed by atoms with Gasteiger partial charge in [-0.3, -0.25) is 0 Å². The molecule has 2 aromatic rings. The fourth-order valence-corrected chi connectivity index (χ4v) is 2.03. The number of benzene rings is 1. The second kappa shape index (κ2) is 4.23. The van der Waals surface area contributed by atoms with Crippen molar-refractivity contribution in [3.8, 4) is 0 Å². The van der Waals surface area contributed by atoms with Crippen LogP contribution in [0.3, 0.4) is 0 Å². The molecule has 1 heterocycles. The van der Waals surface area contributed by atoms with Gasteiger partial charge < -0.3 is 15.6 Å². The van der Waals surface area contributed by atoms with Crippen LogP contribution in [0.2, 0.25) is 0 Å². The van der Waals surface area contributed by atoms with Crippen LogP contribution in [-0.4, -0.2) is 30.5 Å². The van der Waals surface area contributed by atoms with E-state index in [1.165, 1.54) is 6.07 Å². The lowest BCUT2D eigenvalue weighted by Crippen LogP contribution is -2.26. The van der Waals surface area contributed by atoms with Crippen LogP contribution in [0.15, 0.2) is 24.4 Å². The largest absolute Gasteiger partial charge is 0.358 e. The van der Waals surface area contributed by atoms with Crippen LogP contribution in [-0.2, 0) is 0 Å². The number of hydrogen-bond donors (Lipinski definition) is 2. The van der Waals surface area contributed by atoms with Gasteiger partial charge in [0.05, 0.1) is 5.52 Å². The van der Waals surface area contributed by atoms with Crippen LogP contribution >= 0.6 is 0 Å². The Hall–Kier alpha value is -1.39. The van der Waals surface area contributed by atoms with E-state index in [2.05, 4.69) is 4.98 Å². The molecule has 3 nitrogen and oxygen atoms in total. The highest BCUT2D eigenvalue weighted by atomic mass is 19.1. The van der Waals surface area contributed by atoms with Crippen molar-refractivity contribution in [2.45, 2.75) is 6.04 Å². The summed E-state index contributed by atoms with van der Waals surface area (Å²) in [6, 6.07) is 5.19. The molecule has 0 unspecified atom stereocenters. The van der Waals surface area contributed by atoms with Gasteiger partial charge in [-0.2, -0.15) is 0 Å². The van der Waals surface area contributed by atoms with Crippen molar-refractivity contribution < 1.29 is 4.39 Å². The SMILES string of the molecule is CN(C)[C@@H](CN)c1c[nH]c2c(F)cccc12. The average Bonchev–Trinajstić information content (AvgIpc) is 2.64. The number of nitrogens with one attached hydrogen (secondary N) is 1. The van der Waals surface area contributed by atoms with Crippen molar-refractivity contribution in [2.24, 2.45) is 5.73 Å². The van der Waals surface area contributed by atoms with Gasteiger partial charge in [-0.15, -0.1) is 0 Å². The molecular formula is C12H16FN3. The van der Waals surface area contributed by atoms with Gasteiger partial charge in [-0.25, -0.2) is 4.39 Å². The van der Waals surface area contributed by atoms with Gasteiger partial charge in [0, 0.05) is 24.2 Å². The minimum Gasteiger partial charge on any atom is -0.358 e. The molecule has 0 saturated heterocycles. The van der Waals surface area contributed by atoms with Gasteiger partial charge in [-0.1, -0.05) is 12.1 Å².